The van der Waals surface area contributed by atoms with Crippen molar-refractivity contribution in [2.45, 2.75) is 36.7 Å². The molecule has 1 heterocycles. The van der Waals surface area contributed by atoms with Crippen LogP contribution < -0.4 is 5.32 Å². The molecule has 1 amide bonds. The molecule has 1 atom stereocenters. The zero-order valence-electron chi connectivity index (χ0n) is 17.7. The molecule has 3 aromatic rings. The van der Waals surface area contributed by atoms with Crippen LogP contribution in [-0.2, 0) is 27.8 Å². The van der Waals surface area contributed by atoms with Crippen LogP contribution in [0.3, 0.4) is 0 Å². The van der Waals surface area contributed by atoms with Gasteiger partial charge in [0.15, 0.2) is 0 Å². The lowest BCUT2D eigenvalue weighted by atomic mass is 9.93. The minimum atomic E-state index is -3.89. The van der Waals surface area contributed by atoms with Gasteiger partial charge in [0.1, 0.15) is 5.82 Å². The van der Waals surface area contributed by atoms with E-state index in [0.29, 0.717) is 6.54 Å². The second kappa shape index (κ2) is 9.22. The summed E-state index contributed by atoms with van der Waals surface area (Å²) >= 11 is 0. The van der Waals surface area contributed by atoms with Crippen molar-refractivity contribution in [2.24, 2.45) is 0 Å². The van der Waals surface area contributed by atoms with Gasteiger partial charge in [-0.2, -0.15) is 9.40 Å². The fourth-order valence-corrected chi connectivity index (χ4v) is 5.10. The molecule has 168 valence electrons. The average molecular weight is 457 g/mol. The molecule has 1 aromatic heterocycles. The Morgan fingerprint density at radius 2 is 1.91 bits per heavy atom. The maximum absolute atomic E-state index is 13.1. The number of hydrogen-bond donors (Lipinski definition) is 1. The van der Waals surface area contributed by atoms with Gasteiger partial charge in [0.25, 0.3) is 0 Å². The summed E-state index contributed by atoms with van der Waals surface area (Å²) in [6, 6.07) is 14.4. The Bertz CT molecular complexity index is 1190. The van der Waals surface area contributed by atoms with Gasteiger partial charge in [-0.25, -0.2) is 12.8 Å². The summed E-state index contributed by atoms with van der Waals surface area (Å²) in [4.78, 5) is 12.6. The predicted octanol–water partition coefficient (Wildman–Crippen LogP) is 2.88. The molecule has 0 saturated carbocycles. The Morgan fingerprint density at radius 1 is 1.19 bits per heavy atom. The zero-order chi connectivity index (χ0) is 22.7. The number of carbonyl (C=O) groups excluding carboxylic acids is 1. The molecule has 0 spiro atoms. The molecule has 9 heteroatoms. The zero-order valence-corrected chi connectivity index (χ0v) is 18.6. The van der Waals surface area contributed by atoms with Crippen LogP contribution in [0.4, 0.5) is 4.39 Å². The largest absolute Gasteiger partial charge is 0.348 e. The minimum absolute atomic E-state index is 0.0589. The Hall–Kier alpha value is -3.04. The average Bonchev–Trinajstić information content (AvgIpc) is 3.18. The molecular weight excluding hydrogens is 431 g/mol. The quantitative estimate of drug-likeness (QED) is 0.593. The van der Waals surface area contributed by atoms with Crippen molar-refractivity contribution in [2.75, 3.05) is 13.6 Å². The van der Waals surface area contributed by atoms with Crippen LogP contribution in [0.2, 0.25) is 0 Å². The molecule has 0 aliphatic heterocycles. The topological polar surface area (TPSA) is 84.3 Å². The second-order valence-corrected chi connectivity index (χ2v) is 9.96. The second-order valence-electron chi connectivity index (χ2n) is 7.92. The molecular formula is C23H25FN4O3S. The number of aromatic nitrogens is 2. The van der Waals surface area contributed by atoms with E-state index in [1.807, 2.05) is 35.0 Å². The number of carbonyl (C=O) groups is 1. The molecule has 0 fully saturated rings. The van der Waals surface area contributed by atoms with Crippen LogP contribution in [0, 0.1) is 5.82 Å². The Morgan fingerprint density at radius 3 is 2.62 bits per heavy atom. The number of nitrogens with zero attached hydrogens (tertiary/aromatic N) is 3. The third-order valence-corrected chi connectivity index (χ3v) is 7.48. The number of sulfonamides is 1. The van der Waals surface area contributed by atoms with Crippen molar-refractivity contribution in [1.29, 1.82) is 0 Å². The van der Waals surface area contributed by atoms with E-state index >= 15 is 0 Å². The van der Waals surface area contributed by atoms with Crippen molar-refractivity contribution in [3.8, 4) is 0 Å². The summed E-state index contributed by atoms with van der Waals surface area (Å²) in [5.41, 5.74) is 3.22. The first-order valence-corrected chi connectivity index (χ1v) is 11.9. The maximum atomic E-state index is 13.1. The van der Waals surface area contributed by atoms with E-state index in [0.717, 1.165) is 52.5 Å². The van der Waals surface area contributed by atoms with Crippen LogP contribution in [0.5, 0.6) is 0 Å². The molecule has 7 nitrogen and oxygen atoms in total. The van der Waals surface area contributed by atoms with E-state index in [2.05, 4.69) is 10.4 Å². The van der Waals surface area contributed by atoms with Gasteiger partial charge in [0.2, 0.25) is 15.9 Å². The van der Waals surface area contributed by atoms with E-state index in [4.69, 9.17) is 0 Å². The summed E-state index contributed by atoms with van der Waals surface area (Å²) in [7, 11) is -2.56. The maximum Gasteiger partial charge on any atom is 0.243 e. The number of nitrogens with one attached hydrogen (secondary N) is 1. The lowest BCUT2D eigenvalue weighted by molar-refractivity contribution is -0.122. The van der Waals surface area contributed by atoms with Crippen LogP contribution >= 0.6 is 0 Å². The summed E-state index contributed by atoms with van der Waals surface area (Å²) in [5, 5.41) is 7.48. The fraction of sp³-hybridized carbons (Fsp3) is 0.304. The van der Waals surface area contributed by atoms with Crippen LogP contribution in [0.25, 0.3) is 0 Å². The first-order chi connectivity index (χ1) is 15.3. The standard InChI is InChI=1S/C23H25FN4O3S/c1-27(32(30,31)19-12-10-18(24)11-13-19)16-23(29)26-21-8-5-9-22-20(21)14-25-28(22)15-17-6-3-2-4-7-17/h2-4,6-7,10-14,21H,5,8-9,15-16H2,1H3,(H,26,29). The van der Waals surface area contributed by atoms with Crippen LogP contribution in [0.15, 0.2) is 65.7 Å². The van der Waals surface area contributed by atoms with Gasteiger partial charge < -0.3 is 5.32 Å². The molecule has 0 radical (unpaired) electrons. The summed E-state index contributed by atoms with van der Waals surface area (Å²) < 4.78 is 41.4. The summed E-state index contributed by atoms with van der Waals surface area (Å²) in [5.74, 6) is -0.919. The molecule has 2 aromatic carbocycles. The lowest BCUT2D eigenvalue weighted by Crippen LogP contribution is -2.40. The number of rotatable bonds is 7. The predicted molar refractivity (Wildman–Crippen MR) is 118 cm³/mol. The van der Waals surface area contributed by atoms with Gasteiger partial charge in [0, 0.05) is 18.3 Å². The monoisotopic (exact) mass is 456 g/mol. The van der Waals surface area contributed by atoms with E-state index < -0.39 is 21.7 Å². The molecule has 0 bridgehead atoms. The van der Waals surface area contributed by atoms with Crippen molar-refractivity contribution >= 4 is 15.9 Å². The van der Waals surface area contributed by atoms with Crippen molar-refractivity contribution in [3.05, 3.63) is 83.4 Å². The van der Waals surface area contributed by atoms with Gasteiger partial charge >= 0.3 is 0 Å². The summed E-state index contributed by atoms with van der Waals surface area (Å²) in [6.07, 6.45) is 4.35. The Labute approximate surface area is 186 Å². The van der Waals surface area contributed by atoms with Crippen molar-refractivity contribution < 1.29 is 17.6 Å². The number of amides is 1. The van der Waals surface area contributed by atoms with Crippen LogP contribution in [0.1, 0.15) is 35.7 Å². The van der Waals surface area contributed by atoms with E-state index in [1.165, 1.54) is 19.2 Å². The Kier molecular flexibility index (Phi) is 6.38. The minimum Gasteiger partial charge on any atom is -0.348 e. The molecule has 1 N–H and O–H groups in total. The highest BCUT2D eigenvalue weighted by atomic mass is 32.2. The van der Waals surface area contributed by atoms with Crippen LogP contribution in [-0.4, -0.2) is 42.0 Å². The molecule has 1 aliphatic rings. The number of likely N-dealkylation sites (N-methyl/N-ethyl adjacent to an activating group) is 1. The third-order valence-electron chi connectivity index (χ3n) is 5.66. The number of halogens is 1. The van der Waals surface area contributed by atoms with Crippen molar-refractivity contribution in [1.82, 2.24) is 19.4 Å². The first kappa shape index (κ1) is 22.2. The van der Waals surface area contributed by atoms with Gasteiger partial charge in [-0.05, 0) is 49.1 Å². The highest BCUT2D eigenvalue weighted by molar-refractivity contribution is 7.89. The molecule has 1 aliphatic carbocycles. The van der Waals surface area contributed by atoms with E-state index in [-0.39, 0.29) is 17.5 Å². The van der Waals surface area contributed by atoms with Gasteiger partial charge in [-0.1, -0.05) is 30.3 Å². The highest BCUT2D eigenvalue weighted by Crippen LogP contribution is 2.30. The normalized spacial score (nSPS) is 16.0. The number of hydrogen-bond acceptors (Lipinski definition) is 4. The van der Waals surface area contributed by atoms with Gasteiger partial charge in [-0.15, -0.1) is 0 Å². The number of benzene rings is 2. The first-order valence-electron chi connectivity index (χ1n) is 10.4. The van der Waals surface area contributed by atoms with Gasteiger partial charge in [0.05, 0.1) is 30.2 Å². The highest BCUT2D eigenvalue weighted by Gasteiger charge is 2.28. The summed E-state index contributed by atoms with van der Waals surface area (Å²) in [6.45, 7) is 0.333. The molecule has 0 saturated heterocycles. The fourth-order valence-electron chi connectivity index (χ4n) is 3.97. The molecule has 32 heavy (non-hydrogen) atoms. The Balaban J connectivity index is 1.43. The van der Waals surface area contributed by atoms with Gasteiger partial charge in [-0.3, -0.25) is 9.48 Å². The van der Waals surface area contributed by atoms with E-state index in [1.54, 1.807) is 6.20 Å². The molecule has 4 rings (SSSR count). The SMILES string of the molecule is CN(CC(=O)NC1CCCc2c1cnn2Cc1ccccc1)S(=O)(=O)c1ccc(F)cc1. The third kappa shape index (κ3) is 4.73. The van der Waals surface area contributed by atoms with Crippen molar-refractivity contribution in [3.63, 3.8) is 0 Å². The molecule has 1 unspecified atom stereocenters. The smallest absolute Gasteiger partial charge is 0.243 e. The lowest BCUT2D eigenvalue weighted by Gasteiger charge is -2.25. The number of fused-ring (bicyclic) bond motifs is 1. The van der Waals surface area contributed by atoms with E-state index in [9.17, 15) is 17.6 Å².